The van der Waals surface area contributed by atoms with Crippen molar-refractivity contribution in [1.82, 2.24) is 5.32 Å². The first-order chi connectivity index (χ1) is 7.17. The van der Waals surface area contributed by atoms with Gasteiger partial charge in [-0.25, -0.2) is 0 Å². The van der Waals surface area contributed by atoms with Crippen LogP contribution in [-0.4, -0.2) is 53.1 Å². The summed E-state index contributed by atoms with van der Waals surface area (Å²) in [6, 6.07) is -0.343. The van der Waals surface area contributed by atoms with E-state index < -0.39 is 0 Å². The van der Waals surface area contributed by atoms with Gasteiger partial charge in [0.2, 0.25) is 0 Å². The van der Waals surface area contributed by atoms with Gasteiger partial charge in [0, 0.05) is 26.7 Å². The van der Waals surface area contributed by atoms with E-state index in [0.717, 1.165) is 0 Å². The van der Waals surface area contributed by atoms with Gasteiger partial charge in [0.05, 0.1) is 20.3 Å². The quantitative estimate of drug-likeness (QED) is 0.461. The van der Waals surface area contributed by atoms with E-state index in [1.165, 1.54) is 7.11 Å². The van der Waals surface area contributed by atoms with Crippen LogP contribution in [0.4, 0.5) is 0 Å². The van der Waals surface area contributed by atoms with Crippen molar-refractivity contribution in [1.29, 1.82) is 0 Å². The van der Waals surface area contributed by atoms with E-state index in [9.17, 15) is 4.79 Å². The molecule has 0 heterocycles. The van der Waals surface area contributed by atoms with E-state index in [1.54, 1.807) is 14.2 Å². The van der Waals surface area contributed by atoms with Gasteiger partial charge in [0.25, 0.3) is 0 Å². The highest BCUT2D eigenvalue weighted by Crippen LogP contribution is 2.05. The van der Waals surface area contributed by atoms with E-state index >= 15 is 0 Å². The Labute approximate surface area is 91.1 Å². The van der Waals surface area contributed by atoms with Crippen LogP contribution < -0.4 is 5.32 Å². The Morgan fingerprint density at radius 1 is 1.27 bits per heavy atom. The molecule has 0 saturated heterocycles. The molecule has 90 valence electrons. The van der Waals surface area contributed by atoms with E-state index in [-0.39, 0.29) is 17.9 Å². The summed E-state index contributed by atoms with van der Waals surface area (Å²) in [5.41, 5.74) is 0. The Kier molecular flexibility index (Phi) is 8.27. The topological polar surface area (TPSA) is 56.8 Å². The van der Waals surface area contributed by atoms with Crippen LogP contribution in [-0.2, 0) is 19.0 Å². The highest BCUT2D eigenvalue weighted by atomic mass is 16.5. The molecule has 2 unspecified atom stereocenters. The Balaban J connectivity index is 4.11. The van der Waals surface area contributed by atoms with Gasteiger partial charge in [0.15, 0.2) is 0 Å². The van der Waals surface area contributed by atoms with Crippen LogP contribution >= 0.6 is 0 Å². The van der Waals surface area contributed by atoms with E-state index in [1.807, 2.05) is 6.92 Å². The van der Waals surface area contributed by atoms with Gasteiger partial charge in [-0.15, -0.1) is 0 Å². The SMILES string of the molecule is COCCNC(C(=O)OC)C(C)COC. The monoisotopic (exact) mass is 219 g/mol. The Hall–Kier alpha value is -0.650. The molecule has 0 aromatic carbocycles. The lowest BCUT2D eigenvalue weighted by molar-refractivity contribution is -0.145. The van der Waals surface area contributed by atoms with Crippen LogP contribution in [0.2, 0.25) is 0 Å². The maximum atomic E-state index is 11.4. The summed E-state index contributed by atoms with van der Waals surface area (Å²) in [6.45, 7) is 3.63. The van der Waals surface area contributed by atoms with Crippen LogP contribution in [0.3, 0.4) is 0 Å². The minimum atomic E-state index is -0.343. The predicted molar refractivity (Wildman–Crippen MR) is 56.7 cm³/mol. The predicted octanol–water partition coefficient (Wildman–Crippen LogP) is 0.0465. The Bertz CT molecular complexity index is 175. The molecule has 0 aliphatic carbocycles. The first kappa shape index (κ1) is 14.3. The number of carbonyl (C=O) groups excluding carboxylic acids is 1. The maximum absolute atomic E-state index is 11.4. The highest BCUT2D eigenvalue weighted by Gasteiger charge is 2.24. The molecule has 0 radical (unpaired) electrons. The second-order valence-corrected chi connectivity index (χ2v) is 3.38. The van der Waals surface area contributed by atoms with E-state index in [0.29, 0.717) is 19.8 Å². The summed E-state index contributed by atoms with van der Waals surface area (Å²) < 4.78 is 14.6. The van der Waals surface area contributed by atoms with Crippen LogP contribution in [0.5, 0.6) is 0 Å². The molecule has 0 amide bonds. The second kappa shape index (κ2) is 8.64. The summed E-state index contributed by atoms with van der Waals surface area (Å²) in [5, 5.41) is 3.08. The largest absolute Gasteiger partial charge is 0.468 e. The zero-order valence-electron chi connectivity index (χ0n) is 9.91. The summed E-state index contributed by atoms with van der Waals surface area (Å²) in [7, 11) is 4.61. The molecule has 2 atom stereocenters. The lowest BCUT2D eigenvalue weighted by atomic mass is 10.0. The fraction of sp³-hybridized carbons (Fsp3) is 0.900. The third-order valence-corrected chi connectivity index (χ3v) is 2.12. The summed E-state index contributed by atoms with van der Waals surface area (Å²) in [4.78, 5) is 11.4. The third-order valence-electron chi connectivity index (χ3n) is 2.12. The van der Waals surface area contributed by atoms with Crippen molar-refractivity contribution < 1.29 is 19.0 Å². The zero-order chi connectivity index (χ0) is 11.7. The third kappa shape index (κ3) is 5.71. The molecule has 0 saturated carbocycles. The Morgan fingerprint density at radius 3 is 2.40 bits per heavy atom. The normalized spacial score (nSPS) is 14.7. The van der Waals surface area contributed by atoms with Gasteiger partial charge in [-0.2, -0.15) is 0 Å². The van der Waals surface area contributed by atoms with Crippen LogP contribution in [0, 0.1) is 5.92 Å². The number of hydrogen-bond donors (Lipinski definition) is 1. The van der Waals surface area contributed by atoms with Crippen molar-refractivity contribution in [3.63, 3.8) is 0 Å². The van der Waals surface area contributed by atoms with E-state index in [4.69, 9.17) is 14.2 Å². The van der Waals surface area contributed by atoms with Crippen molar-refractivity contribution in [2.75, 3.05) is 41.1 Å². The molecule has 15 heavy (non-hydrogen) atoms. The number of methoxy groups -OCH3 is 3. The highest BCUT2D eigenvalue weighted by molar-refractivity contribution is 5.76. The minimum absolute atomic E-state index is 0.0688. The number of carbonyl (C=O) groups is 1. The fourth-order valence-corrected chi connectivity index (χ4v) is 1.32. The molecule has 0 aliphatic rings. The van der Waals surface area contributed by atoms with E-state index in [2.05, 4.69) is 5.32 Å². The number of ether oxygens (including phenoxy) is 3. The fourth-order valence-electron chi connectivity index (χ4n) is 1.32. The lowest BCUT2D eigenvalue weighted by Crippen LogP contribution is -2.45. The molecule has 0 bridgehead atoms. The average molecular weight is 219 g/mol. The van der Waals surface area contributed by atoms with Gasteiger partial charge < -0.3 is 19.5 Å². The van der Waals surface area contributed by atoms with Gasteiger partial charge in [-0.3, -0.25) is 4.79 Å². The van der Waals surface area contributed by atoms with Gasteiger partial charge >= 0.3 is 5.97 Å². The van der Waals surface area contributed by atoms with Gasteiger partial charge in [0.1, 0.15) is 6.04 Å². The summed E-state index contributed by atoms with van der Waals surface area (Å²) in [6.07, 6.45) is 0. The second-order valence-electron chi connectivity index (χ2n) is 3.38. The molecule has 0 fully saturated rings. The number of nitrogens with one attached hydrogen (secondary N) is 1. The minimum Gasteiger partial charge on any atom is -0.468 e. The van der Waals surface area contributed by atoms with Crippen LogP contribution in [0.25, 0.3) is 0 Å². The molecular weight excluding hydrogens is 198 g/mol. The smallest absolute Gasteiger partial charge is 0.323 e. The molecule has 0 aliphatic heterocycles. The van der Waals surface area contributed by atoms with Crippen molar-refractivity contribution in [2.45, 2.75) is 13.0 Å². The number of rotatable bonds is 8. The summed E-state index contributed by atoms with van der Waals surface area (Å²) >= 11 is 0. The number of hydrogen-bond acceptors (Lipinski definition) is 5. The first-order valence-corrected chi connectivity index (χ1v) is 4.96. The standard InChI is InChI=1S/C10H21NO4/c1-8(7-14-3)9(10(12)15-4)11-5-6-13-2/h8-9,11H,5-7H2,1-4H3. The number of esters is 1. The molecule has 0 aromatic rings. The molecular formula is C10H21NO4. The first-order valence-electron chi connectivity index (χ1n) is 4.96. The van der Waals surface area contributed by atoms with Crippen LogP contribution in [0.15, 0.2) is 0 Å². The zero-order valence-corrected chi connectivity index (χ0v) is 9.91. The van der Waals surface area contributed by atoms with Crippen molar-refractivity contribution in [3.8, 4) is 0 Å². The van der Waals surface area contributed by atoms with Crippen molar-refractivity contribution in [2.24, 2.45) is 5.92 Å². The van der Waals surface area contributed by atoms with Crippen LogP contribution in [0.1, 0.15) is 6.92 Å². The maximum Gasteiger partial charge on any atom is 0.323 e. The molecule has 0 spiro atoms. The summed E-state index contributed by atoms with van der Waals surface area (Å²) in [5.74, 6) is -0.199. The van der Waals surface area contributed by atoms with Crippen molar-refractivity contribution in [3.05, 3.63) is 0 Å². The molecule has 0 aromatic heterocycles. The molecule has 5 nitrogen and oxygen atoms in total. The Morgan fingerprint density at radius 2 is 1.93 bits per heavy atom. The van der Waals surface area contributed by atoms with Gasteiger partial charge in [-0.1, -0.05) is 6.92 Å². The van der Waals surface area contributed by atoms with Gasteiger partial charge in [-0.05, 0) is 0 Å². The van der Waals surface area contributed by atoms with Crippen molar-refractivity contribution >= 4 is 5.97 Å². The molecule has 0 rings (SSSR count). The molecule has 5 heteroatoms. The molecule has 1 N–H and O–H groups in total. The average Bonchev–Trinajstić information content (AvgIpc) is 2.23. The lowest BCUT2D eigenvalue weighted by Gasteiger charge is -2.22.